The maximum Gasteiger partial charge on any atom is 0.244 e. The van der Waals surface area contributed by atoms with Gasteiger partial charge in [0.1, 0.15) is 11.5 Å². The fraction of sp³-hybridized carbons (Fsp3) is 0.0909. The maximum atomic E-state index is 12.1. The Morgan fingerprint density at radius 2 is 1.85 bits per heavy atom. The van der Waals surface area contributed by atoms with Crippen LogP contribution in [0.4, 0.5) is 0 Å². The van der Waals surface area contributed by atoms with Crippen LogP contribution >= 0.6 is 0 Å². The smallest absolute Gasteiger partial charge is 0.244 e. The minimum absolute atomic E-state index is 0.139. The van der Waals surface area contributed by atoms with Gasteiger partial charge in [0.25, 0.3) is 0 Å². The number of pyridine rings is 1. The number of rotatable bonds is 6. The van der Waals surface area contributed by atoms with Gasteiger partial charge in [0.05, 0.1) is 12.2 Å². The predicted octanol–water partition coefficient (Wildman–Crippen LogP) is 4.76. The van der Waals surface area contributed by atoms with Crippen LogP contribution in [0, 0.1) is 0 Å². The highest BCUT2D eigenvalue weighted by atomic mass is 16.5. The molecule has 0 radical (unpaired) electrons. The van der Waals surface area contributed by atoms with Crippen molar-refractivity contribution in [3.63, 3.8) is 0 Å². The highest BCUT2D eigenvalue weighted by molar-refractivity contribution is 5.91. The molecule has 3 rings (SSSR count). The van der Waals surface area contributed by atoms with E-state index in [-0.39, 0.29) is 11.9 Å². The number of hydrogen-bond acceptors (Lipinski definition) is 3. The van der Waals surface area contributed by atoms with Crippen molar-refractivity contribution in [3.05, 3.63) is 96.3 Å². The summed E-state index contributed by atoms with van der Waals surface area (Å²) in [6.07, 6.45) is 6.70. The number of hydrogen-bond donors (Lipinski definition) is 1. The highest BCUT2D eigenvalue weighted by Crippen LogP contribution is 2.24. The summed E-state index contributed by atoms with van der Waals surface area (Å²) in [5.74, 6) is 1.24. The molecule has 1 N–H and O–H groups in total. The van der Waals surface area contributed by atoms with Gasteiger partial charge >= 0.3 is 0 Å². The van der Waals surface area contributed by atoms with E-state index >= 15 is 0 Å². The first kappa shape index (κ1) is 17.4. The molecule has 3 aromatic rings. The van der Waals surface area contributed by atoms with E-state index in [2.05, 4.69) is 10.3 Å². The summed E-state index contributed by atoms with van der Waals surface area (Å²) in [5.41, 5.74) is 1.95. The lowest BCUT2D eigenvalue weighted by molar-refractivity contribution is -0.117. The Morgan fingerprint density at radius 1 is 1.04 bits per heavy atom. The zero-order valence-corrected chi connectivity index (χ0v) is 14.5. The number of nitrogens with zero attached hydrogens (tertiary/aromatic N) is 1. The van der Waals surface area contributed by atoms with Crippen LogP contribution < -0.4 is 10.1 Å². The highest BCUT2D eigenvalue weighted by Gasteiger charge is 2.09. The van der Waals surface area contributed by atoms with Gasteiger partial charge in [0, 0.05) is 12.3 Å². The van der Waals surface area contributed by atoms with Crippen LogP contribution in [0.25, 0.3) is 6.08 Å². The molecule has 4 heteroatoms. The fourth-order valence-electron chi connectivity index (χ4n) is 2.47. The maximum absolute atomic E-state index is 12.1. The van der Waals surface area contributed by atoms with E-state index in [0.29, 0.717) is 11.5 Å². The number of aromatic nitrogens is 1. The number of amides is 1. The topological polar surface area (TPSA) is 51.2 Å². The van der Waals surface area contributed by atoms with Crippen molar-refractivity contribution in [1.29, 1.82) is 0 Å². The molecule has 130 valence electrons. The van der Waals surface area contributed by atoms with E-state index < -0.39 is 0 Å². The van der Waals surface area contributed by atoms with E-state index in [4.69, 9.17) is 4.74 Å². The minimum Gasteiger partial charge on any atom is -0.456 e. The molecule has 1 aromatic heterocycles. The first-order valence-corrected chi connectivity index (χ1v) is 8.42. The summed E-state index contributed by atoms with van der Waals surface area (Å²) in [5, 5.41) is 2.96. The van der Waals surface area contributed by atoms with E-state index in [1.54, 1.807) is 24.5 Å². The molecule has 0 unspecified atom stereocenters. The normalized spacial score (nSPS) is 11.9. The Kier molecular flexibility index (Phi) is 5.78. The minimum atomic E-state index is -0.139. The lowest BCUT2D eigenvalue weighted by Crippen LogP contribution is -2.24. The van der Waals surface area contributed by atoms with Crippen molar-refractivity contribution < 1.29 is 9.53 Å². The average molecular weight is 344 g/mol. The van der Waals surface area contributed by atoms with Crippen LogP contribution in [0.2, 0.25) is 0 Å². The van der Waals surface area contributed by atoms with Crippen molar-refractivity contribution in [2.45, 2.75) is 13.0 Å². The molecule has 1 heterocycles. The summed E-state index contributed by atoms with van der Waals surface area (Å²) in [6, 6.07) is 20.9. The van der Waals surface area contributed by atoms with E-state index in [1.807, 2.05) is 73.7 Å². The van der Waals surface area contributed by atoms with Crippen LogP contribution in [0.1, 0.15) is 24.1 Å². The molecule has 1 amide bonds. The standard InChI is InChI=1S/C22H20N2O2/c1-17(24-22(25)13-12-18-7-3-2-4-8-18)19-9-5-10-20(15-19)26-21-11-6-14-23-16-21/h2-17H,1H3,(H,24,25)/b13-12+/t17-/m0/s1. The summed E-state index contributed by atoms with van der Waals surface area (Å²) in [7, 11) is 0. The monoisotopic (exact) mass is 344 g/mol. The van der Waals surface area contributed by atoms with Crippen molar-refractivity contribution in [3.8, 4) is 11.5 Å². The third kappa shape index (κ3) is 5.05. The Bertz CT molecular complexity index is 877. The fourth-order valence-corrected chi connectivity index (χ4v) is 2.47. The molecule has 2 aromatic carbocycles. The van der Waals surface area contributed by atoms with Gasteiger partial charge in [-0.1, -0.05) is 42.5 Å². The van der Waals surface area contributed by atoms with Gasteiger partial charge < -0.3 is 10.1 Å². The Hall–Kier alpha value is -3.40. The summed E-state index contributed by atoms with van der Waals surface area (Å²) >= 11 is 0. The molecule has 26 heavy (non-hydrogen) atoms. The van der Waals surface area contributed by atoms with Gasteiger partial charge in [0.15, 0.2) is 0 Å². The van der Waals surface area contributed by atoms with Gasteiger partial charge in [-0.05, 0) is 48.4 Å². The summed E-state index contributed by atoms with van der Waals surface area (Å²) in [4.78, 5) is 16.2. The van der Waals surface area contributed by atoms with Crippen LogP contribution in [-0.4, -0.2) is 10.9 Å². The van der Waals surface area contributed by atoms with Gasteiger partial charge in [-0.15, -0.1) is 0 Å². The second-order valence-corrected chi connectivity index (χ2v) is 5.84. The lowest BCUT2D eigenvalue weighted by atomic mass is 10.1. The van der Waals surface area contributed by atoms with Gasteiger partial charge in [0.2, 0.25) is 5.91 Å². The second-order valence-electron chi connectivity index (χ2n) is 5.84. The average Bonchev–Trinajstić information content (AvgIpc) is 2.68. The van der Waals surface area contributed by atoms with Crippen LogP contribution in [-0.2, 0) is 4.79 Å². The van der Waals surface area contributed by atoms with Crippen LogP contribution in [0.5, 0.6) is 11.5 Å². The van der Waals surface area contributed by atoms with Gasteiger partial charge in [-0.2, -0.15) is 0 Å². The van der Waals surface area contributed by atoms with Crippen molar-refractivity contribution in [1.82, 2.24) is 10.3 Å². The molecule has 1 atom stereocenters. The summed E-state index contributed by atoms with van der Waals surface area (Å²) in [6.45, 7) is 1.94. The number of nitrogens with one attached hydrogen (secondary N) is 1. The molecular formula is C22H20N2O2. The Balaban J connectivity index is 1.62. The first-order valence-electron chi connectivity index (χ1n) is 8.42. The quantitative estimate of drug-likeness (QED) is 0.656. The molecular weight excluding hydrogens is 324 g/mol. The van der Waals surface area contributed by atoms with E-state index in [9.17, 15) is 4.79 Å². The van der Waals surface area contributed by atoms with E-state index in [1.165, 1.54) is 0 Å². The number of carbonyl (C=O) groups excluding carboxylic acids is 1. The SMILES string of the molecule is C[C@H](NC(=O)/C=C/c1ccccc1)c1cccc(Oc2cccnc2)c1. The molecule has 0 fully saturated rings. The molecule has 4 nitrogen and oxygen atoms in total. The molecule has 0 saturated heterocycles. The third-order valence-corrected chi connectivity index (χ3v) is 3.81. The molecule has 0 aliphatic rings. The van der Waals surface area contributed by atoms with Crippen molar-refractivity contribution in [2.75, 3.05) is 0 Å². The molecule has 0 saturated carbocycles. The third-order valence-electron chi connectivity index (χ3n) is 3.81. The van der Waals surface area contributed by atoms with Crippen molar-refractivity contribution in [2.24, 2.45) is 0 Å². The van der Waals surface area contributed by atoms with Gasteiger partial charge in [-0.3, -0.25) is 9.78 Å². The zero-order valence-electron chi connectivity index (χ0n) is 14.5. The number of ether oxygens (including phenoxy) is 1. The Labute approximate surface area is 153 Å². The zero-order chi connectivity index (χ0) is 18.2. The van der Waals surface area contributed by atoms with Crippen LogP contribution in [0.15, 0.2) is 85.2 Å². The second kappa shape index (κ2) is 8.62. The molecule has 0 aliphatic carbocycles. The number of carbonyl (C=O) groups is 1. The van der Waals surface area contributed by atoms with Gasteiger partial charge in [-0.25, -0.2) is 0 Å². The lowest BCUT2D eigenvalue weighted by Gasteiger charge is -2.14. The van der Waals surface area contributed by atoms with Crippen LogP contribution in [0.3, 0.4) is 0 Å². The molecule has 0 bridgehead atoms. The number of benzene rings is 2. The first-order chi connectivity index (χ1) is 12.7. The predicted molar refractivity (Wildman–Crippen MR) is 103 cm³/mol. The van der Waals surface area contributed by atoms with Crippen molar-refractivity contribution >= 4 is 12.0 Å². The molecule has 0 aliphatic heterocycles. The largest absolute Gasteiger partial charge is 0.456 e. The molecule has 0 spiro atoms. The van der Waals surface area contributed by atoms with E-state index in [0.717, 1.165) is 11.1 Å². The summed E-state index contributed by atoms with van der Waals surface area (Å²) < 4.78 is 5.79. The Morgan fingerprint density at radius 3 is 2.62 bits per heavy atom.